The Kier molecular flexibility index (Phi) is 3.23. The second kappa shape index (κ2) is 4.27. The largest absolute Gasteiger partial charge is 0.467 e. The molecule has 2 fully saturated rings. The topological polar surface area (TPSA) is 38.8 Å². The van der Waals surface area contributed by atoms with E-state index in [0.29, 0.717) is 5.92 Å². The summed E-state index contributed by atoms with van der Waals surface area (Å²) in [7, 11) is 1.46. The van der Waals surface area contributed by atoms with Gasteiger partial charge in [-0.2, -0.15) is 0 Å². The van der Waals surface area contributed by atoms with Crippen LogP contribution in [0.15, 0.2) is 0 Å². The monoisotopic (exact) mass is 240 g/mol. The number of hydrogen-bond donors (Lipinski definition) is 0. The zero-order valence-corrected chi connectivity index (χ0v) is 11.4. The maximum Gasteiger partial charge on any atom is 0.341 e. The second-order valence-corrected chi connectivity index (χ2v) is 5.72. The lowest BCUT2D eigenvalue weighted by molar-refractivity contribution is -0.148. The molecule has 98 valence electrons. The molecular formula is C14H24O3. The normalized spacial score (nSPS) is 40.6. The van der Waals surface area contributed by atoms with Crippen LogP contribution in [0.4, 0.5) is 0 Å². The van der Waals surface area contributed by atoms with E-state index < -0.39 is 5.60 Å². The van der Waals surface area contributed by atoms with Gasteiger partial charge in [0.15, 0.2) is 5.60 Å². The molecule has 2 rings (SSSR count). The van der Waals surface area contributed by atoms with E-state index in [4.69, 9.17) is 9.47 Å². The van der Waals surface area contributed by atoms with Crippen LogP contribution in [0, 0.1) is 11.8 Å². The van der Waals surface area contributed by atoms with E-state index in [2.05, 4.69) is 20.8 Å². The number of methoxy groups -OCH3 is 1. The Labute approximate surface area is 104 Å². The van der Waals surface area contributed by atoms with Gasteiger partial charge in [0.05, 0.1) is 7.11 Å². The van der Waals surface area contributed by atoms with Gasteiger partial charge in [0.2, 0.25) is 0 Å². The number of esters is 1. The molecule has 1 aliphatic carbocycles. The fourth-order valence-electron chi connectivity index (χ4n) is 3.84. The minimum absolute atomic E-state index is 0.173. The molecule has 0 aromatic heterocycles. The Morgan fingerprint density at radius 1 is 1.47 bits per heavy atom. The van der Waals surface area contributed by atoms with Crippen molar-refractivity contribution in [3.8, 4) is 0 Å². The predicted molar refractivity (Wildman–Crippen MR) is 65.7 cm³/mol. The van der Waals surface area contributed by atoms with E-state index in [9.17, 15) is 4.79 Å². The van der Waals surface area contributed by atoms with Crippen LogP contribution in [-0.2, 0) is 14.3 Å². The molecule has 3 nitrogen and oxygen atoms in total. The Morgan fingerprint density at radius 2 is 2.18 bits per heavy atom. The summed E-state index contributed by atoms with van der Waals surface area (Å²) >= 11 is 0. The highest BCUT2D eigenvalue weighted by Gasteiger charge is 2.78. The number of rotatable bonds is 3. The molecule has 2 aliphatic rings. The van der Waals surface area contributed by atoms with Crippen molar-refractivity contribution < 1.29 is 14.3 Å². The third kappa shape index (κ3) is 1.55. The van der Waals surface area contributed by atoms with Gasteiger partial charge < -0.3 is 9.47 Å². The highest BCUT2D eigenvalue weighted by Crippen LogP contribution is 2.63. The van der Waals surface area contributed by atoms with Crippen LogP contribution in [-0.4, -0.2) is 24.3 Å². The minimum Gasteiger partial charge on any atom is -0.467 e. The third-order valence-corrected chi connectivity index (χ3v) is 4.73. The van der Waals surface area contributed by atoms with Crippen LogP contribution in [0.3, 0.4) is 0 Å². The van der Waals surface area contributed by atoms with E-state index in [1.54, 1.807) is 0 Å². The molecule has 1 heterocycles. The summed E-state index contributed by atoms with van der Waals surface area (Å²) in [5.74, 6) is 0.521. The van der Waals surface area contributed by atoms with Crippen molar-refractivity contribution in [3.05, 3.63) is 0 Å². The standard InChI is InChI=1S/C14H24O3/c1-5-11-8-6-7-9-13(11)14(17-13,10(2)3)12(15)16-4/h10-11H,5-9H2,1-4H3. The first kappa shape index (κ1) is 12.9. The Balaban J connectivity index is 2.30. The van der Waals surface area contributed by atoms with Crippen LogP contribution in [0.25, 0.3) is 0 Å². The molecule has 0 aromatic carbocycles. The van der Waals surface area contributed by atoms with Crippen LogP contribution in [0.1, 0.15) is 52.9 Å². The maximum absolute atomic E-state index is 12.1. The molecule has 0 N–H and O–H groups in total. The summed E-state index contributed by atoms with van der Waals surface area (Å²) in [5.41, 5.74) is -0.885. The lowest BCUT2D eigenvalue weighted by atomic mass is 9.68. The molecule has 1 spiro atoms. The highest BCUT2D eigenvalue weighted by molar-refractivity contribution is 5.85. The molecule has 17 heavy (non-hydrogen) atoms. The molecule has 3 atom stereocenters. The van der Waals surface area contributed by atoms with Crippen molar-refractivity contribution in [1.82, 2.24) is 0 Å². The number of carbonyl (C=O) groups is 1. The average molecular weight is 240 g/mol. The third-order valence-electron chi connectivity index (χ3n) is 4.73. The summed E-state index contributed by atoms with van der Waals surface area (Å²) in [6.07, 6.45) is 5.72. The summed E-state index contributed by atoms with van der Waals surface area (Å²) in [4.78, 5) is 12.1. The van der Waals surface area contributed by atoms with Gasteiger partial charge in [0, 0.05) is 0 Å². The van der Waals surface area contributed by atoms with Gasteiger partial charge in [-0.3, -0.25) is 0 Å². The maximum atomic E-state index is 12.1. The van der Waals surface area contributed by atoms with Crippen molar-refractivity contribution >= 4 is 5.97 Å². The molecule has 0 aromatic rings. The van der Waals surface area contributed by atoms with Gasteiger partial charge in [-0.25, -0.2) is 4.79 Å². The number of epoxide rings is 1. The van der Waals surface area contributed by atoms with E-state index in [1.807, 2.05) is 0 Å². The molecular weight excluding hydrogens is 216 g/mol. The fourth-order valence-corrected chi connectivity index (χ4v) is 3.84. The SMILES string of the molecule is CCC1CCCCC12OC2(C(=O)OC)C(C)C. The van der Waals surface area contributed by atoms with E-state index in [1.165, 1.54) is 26.4 Å². The molecule has 1 saturated heterocycles. The van der Waals surface area contributed by atoms with E-state index in [0.717, 1.165) is 12.8 Å². The molecule has 1 saturated carbocycles. The summed E-state index contributed by atoms with van der Waals surface area (Å²) in [6, 6.07) is 0. The quantitative estimate of drug-likeness (QED) is 0.562. The highest BCUT2D eigenvalue weighted by atomic mass is 16.7. The number of carbonyl (C=O) groups excluding carboxylic acids is 1. The number of ether oxygens (including phenoxy) is 2. The van der Waals surface area contributed by atoms with Crippen molar-refractivity contribution in [1.29, 1.82) is 0 Å². The average Bonchev–Trinajstić information content (AvgIpc) is 2.99. The summed E-state index contributed by atoms with van der Waals surface area (Å²) < 4.78 is 11.1. The lowest BCUT2D eigenvalue weighted by Crippen LogP contribution is -2.44. The molecule has 3 unspecified atom stereocenters. The second-order valence-electron chi connectivity index (χ2n) is 5.72. The van der Waals surface area contributed by atoms with Crippen molar-refractivity contribution in [2.75, 3.05) is 7.11 Å². The minimum atomic E-state index is -0.664. The zero-order valence-electron chi connectivity index (χ0n) is 11.4. The van der Waals surface area contributed by atoms with Gasteiger partial charge in [0.1, 0.15) is 5.60 Å². The van der Waals surface area contributed by atoms with E-state index in [-0.39, 0.29) is 17.5 Å². The van der Waals surface area contributed by atoms with Gasteiger partial charge in [0.25, 0.3) is 0 Å². The number of hydrogen-bond acceptors (Lipinski definition) is 3. The van der Waals surface area contributed by atoms with E-state index >= 15 is 0 Å². The predicted octanol–water partition coefficient (Wildman–Crippen LogP) is 2.92. The summed E-state index contributed by atoms with van der Waals surface area (Å²) in [6.45, 7) is 6.32. The zero-order chi connectivity index (χ0) is 12.7. The van der Waals surface area contributed by atoms with Gasteiger partial charge in [-0.05, 0) is 24.7 Å². The Morgan fingerprint density at radius 3 is 2.71 bits per heavy atom. The van der Waals surface area contributed by atoms with Crippen LogP contribution in [0.2, 0.25) is 0 Å². The molecule has 0 radical (unpaired) electrons. The summed E-state index contributed by atoms with van der Waals surface area (Å²) in [5, 5.41) is 0. The van der Waals surface area contributed by atoms with Gasteiger partial charge in [-0.1, -0.05) is 40.0 Å². The lowest BCUT2D eigenvalue weighted by Gasteiger charge is -2.32. The first-order valence-corrected chi connectivity index (χ1v) is 6.83. The van der Waals surface area contributed by atoms with Crippen molar-refractivity contribution in [3.63, 3.8) is 0 Å². The smallest absolute Gasteiger partial charge is 0.341 e. The first-order valence-electron chi connectivity index (χ1n) is 6.83. The Hall–Kier alpha value is -0.570. The van der Waals surface area contributed by atoms with Crippen molar-refractivity contribution in [2.45, 2.75) is 64.1 Å². The van der Waals surface area contributed by atoms with Crippen LogP contribution < -0.4 is 0 Å². The van der Waals surface area contributed by atoms with Crippen LogP contribution in [0.5, 0.6) is 0 Å². The van der Waals surface area contributed by atoms with Crippen LogP contribution >= 0.6 is 0 Å². The fraction of sp³-hybridized carbons (Fsp3) is 0.929. The Bertz CT molecular complexity index is 313. The van der Waals surface area contributed by atoms with Gasteiger partial charge in [-0.15, -0.1) is 0 Å². The molecule has 0 amide bonds. The first-order chi connectivity index (χ1) is 8.05. The van der Waals surface area contributed by atoms with Crippen molar-refractivity contribution in [2.24, 2.45) is 11.8 Å². The van der Waals surface area contributed by atoms with Gasteiger partial charge >= 0.3 is 5.97 Å². The molecule has 0 bridgehead atoms. The molecule has 3 heteroatoms. The molecule has 1 aliphatic heterocycles.